The Morgan fingerprint density at radius 1 is 1.11 bits per heavy atom. The highest BCUT2D eigenvalue weighted by atomic mass is 35.5. The van der Waals surface area contributed by atoms with Crippen LogP contribution in [-0.2, 0) is 0 Å². The number of hydrogen-bond acceptors (Lipinski definition) is 3. The van der Waals surface area contributed by atoms with Crippen LogP contribution in [0.4, 0.5) is 0 Å². The molecular formula is C12H8Cl2N4. The van der Waals surface area contributed by atoms with Crippen molar-refractivity contribution in [3.8, 4) is 5.82 Å². The maximum atomic E-state index is 6.01. The average molecular weight is 279 g/mol. The van der Waals surface area contributed by atoms with Gasteiger partial charge >= 0.3 is 0 Å². The van der Waals surface area contributed by atoms with Crippen LogP contribution in [0.5, 0.6) is 0 Å². The second-order valence-corrected chi connectivity index (χ2v) is 4.59. The summed E-state index contributed by atoms with van der Waals surface area (Å²) in [5.74, 6) is 0.626. The summed E-state index contributed by atoms with van der Waals surface area (Å²) >= 11 is 11.9. The molecule has 0 saturated carbocycles. The van der Waals surface area contributed by atoms with Crippen LogP contribution in [0.3, 0.4) is 0 Å². The molecule has 4 nitrogen and oxygen atoms in total. The Hall–Kier alpha value is -1.65. The number of aromatic nitrogens is 4. The van der Waals surface area contributed by atoms with Crippen molar-refractivity contribution in [1.82, 2.24) is 19.7 Å². The zero-order chi connectivity index (χ0) is 12.7. The minimum absolute atomic E-state index is 0.188. The number of nitrogens with zero attached hydrogens (tertiary/aromatic N) is 4. The number of halogens is 2. The van der Waals surface area contributed by atoms with E-state index in [0.29, 0.717) is 10.8 Å². The van der Waals surface area contributed by atoms with Crippen LogP contribution >= 0.6 is 23.2 Å². The van der Waals surface area contributed by atoms with Crippen molar-refractivity contribution in [1.29, 1.82) is 0 Å². The molecule has 0 aliphatic heterocycles. The third kappa shape index (κ3) is 1.83. The van der Waals surface area contributed by atoms with Crippen LogP contribution in [0.15, 0.2) is 30.5 Å². The maximum absolute atomic E-state index is 6.01. The highest BCUT2D eigenvalue weighted by Gasteiger charge is 2.11. The van der Waals surface area contributed by atoms with Gasteiger partial charge in [-0.3, -0.25) is 0 Å². The van der Waals surface area contributed by atoms with Crippen molar-refractivity contribution in [3.05, 3.63) is 46.5 Å². The van der Waals surface area contributed by atoms with Crippen molar-refractivity contribution in [2.45, 2.75) is 6.92 Å². The Kier molecular flexibility index (Phi) is 2.69. The first kappa shape index (κ1) is 11.4. The third-order valence-electron chi connectivity index (χ3n) is 2.61. The Labute approximate surface area is 113 Å². The summed E-state index contributed by atoms with van der Waals surface area (Å²) in [6, 6.07) is 7.62. The highest BCUT2D eigenvalue weighted by molar-refractivity contribution is 6.31. The molecule has 3 aromatic rings. The van der Waals surface area contributed by atoms with Gasteiger partial charge in [-0.2, -0.15) is 10.1 Å². The number of fused-ring (bicyclic) bond motifs is 1. The maximum Gasteiger partial charge on any atom is 0.224 e. The van der Waals surface area contributed by atoms with E-state index in [-0.39, 0.29) is 5.28 Å². The standard InChI is InChI=1S/C12H8Cl2N4/c1-7-9(13)6-18(17-7)11-8-4-2-3-5-10(8)15-12(14)16-11/h2-6H,1H3. The lowest BCUT2D eigenvalue weighted by molar-refractivity contribution is 0.836. The van der Waals surface area contributed by atoms with Gasteiger partial charge in [0.05, 0.1) is 22.4 Å². The molecule has 1 aromatic carbocycles. The third-order valence-corrected chi connectivity index (χ3v) is 3.15. The van der Waals surface area contributed by atoms with E-state index in [1.54, 1.807) is 10.9 Å². The zero-order valence-electron chi connectivity index (χ0n) is 9.43. The van der Waals surface area contributed by atoms with Crippen molar-refractivity contribution in [3.63, 3.8) is 0 Å². The topological polar surface area (TPSA) is 43.6 Å². The van der Waals surface area contributed by atoms with Crippen molar-refractivity contribution in [2.75, 3.05) is 0 Å². The quantitative estimate of drug-likeness (QED) is 0.641. The van der Waals surface area contributed by atoms with E-state index in [2.05, 4.69) is 15.1 Å². The molecule has 2 heterocycles. The fourth-order valence-electron chi connectivity index (χ4n) is 1.75. The molecule has 0 bridgehead atoms. The summed E-state index contributed by atoms with van der Waals surface area (Å²) in [6.07, 6.45) is 1.71. The number of aryl methyl sites for hydroxylation is 1. The number of rotatable bonds is 1. The van der Waals surface area contributed by atoms with Crippen molar-refractivity contribution in [2.24, 2.45) is 0 Å². The summed E-state index contributed by atoms with van der Waals surface area (Å²) in [5, 5.41) is 5.96. The molecule has 0 spiro atoms. The van der Waals surface area contributed by atoms with E-state index in [4.69, 9.17) is 23.2 Å². The second-order valence-electron chi connectivity index (χ2n) is 3.84. The molecule has 0 unspecified atom stereocenters. The highest BCUT2D eigenvalue weighted by Crippen LogP contribution is 2.22. The van der Waals surface area contributed by atoms with Gasteiger partial charge in [0.25, 0.3) is 0 Å². The van der Waals surface area contributed by atoms with Crippen LogP contribution in [-0.4, -0.2) is 19.7 Å². The fourth-order valence-corrected chi connectivity index (χ4v) is 2.06. The van der Waals surface area contributed by atoms with Crippen LogP contribution in [0.2, 0.25) is 10.3 Å². The largest absolute Gasteiger partial charge is 0.224 e. The first-order valence-corrected chi connectivity index (χ1v) is 6.05. The molecule has 0 saturated heterocycles. The van der Waals surface area contributed by atoms with Crippen LogP contribution in [0.1, 0.15) is 5.69 Å². The first-order valence-electron chi connectivity index (χ1n) is 5.29. The second kappa shape index (κ2) is 4.23. The molecule has 0 N–H and O–H groups in total. The molecule has 0 aliphatic rings. The number of hydrogen-bond donors (Lipinski definition) is 0. The molecule has 2 aromatic heterocycles. The molecule has 3 rings (SSSR count). The van der Waals surface area contributed by atoms with Crippen LogP contribution in [0.25, 0.3) is 16.7 Å². The molecule has 0 atom stereocenters. The van der Waals surface area contributed by atoms with Gasteiger partial charge in [-0.15, -0.1) is 0 Å². The summed E-state index contributed by atoms with van der Waals surface area (Å²) in [6.45, 7) is 1.84. The molecule has 90 valence electrons. The average Bonchev–Trinajstić information content (AvgIpc) is 2.68. The van der Waals surface area contributed by atoms with E-state index < -0.39 is 0 Å². The molecular weight excluding hydrogens is 271 g/mol. The predicted molar refractivity (Wildman–Crippen MR) is 71.4 cm³/mol. The van der Waals surface area contributed by atoms with E-state index in [9.17, 15) is 0 Å². The van der Waals surface area contributed by atoms with E-state index >= 15 is 0 Å². The molecule has 6 heteroatoms. The fraction of sp³-hybridized carbons (Fsp3) is 0.0833. The smallest absolute Gasteiger partial charge is 0.220 e. The summed E-state index contributed by atoms with van der Waals surface area (Å²) < 4.78 is 1.62. The summed E-state index contributed by atoms with van der Waals surface area (Å²) in [5.41, 5.74) is 1.52. The summed E-state index contributed by atoms with van der Waals surface area (Å²) in [4.78, 5) is 8.39. The Balaban J connectivity index is 2.34. The van der Waals surface area contributed by atoms with E-state index in [0.717, 1.165) is 16.6 Å². The number of benzene rings is 1. The number of para-hydroxylation sites is 1. The Morgan fingerprint density at radius 2 is 1.89 bits per heavy atom. The molecule has 0 fully saturated rings. The summed E-state index contributed by atoms with van der Waals surface area (Å²) in [7, 11) is 0. The Bertz CT molecular complexity index is 717. The van der Waals surface area contributed by atoms with E-state index in [1.807, 2.05) is 31.2 Å². The lowest BCUT2D eigenvalue weighted by Gasteiger charge is -2.05. The monoisotopic (exact) mass is 278 g/mol. The van der Waals surface area contributed by atoms with Gasteiger partial charge in [-0.1, -0.05) is 23.7 Å². The molecule has 0 radical (unpaired) electrons. The molecule has 0 amide bonds. The minimum atomic E-state index is 0.188. The SMILES string of the molecule is Cc1nn(-c2nc(Cl)nc3ccccc23)cc1Cl. The van der Waals surface area contributed by atoms with Crippen LogP contribution in [0, 0.1) is 6.92 Å². The lowest BCUT2D eigenvalue weighted by Crippen LogP contribution is -2.01. The minimum Gasteiger partial charge on any atom is -0.220 e. The predicted octanol–water partition coefficient (Wildman–Crippen LogP) is 3.43. The van der Waals surface area contributed by atoms with Gasteiger partial charge < -0.3 is 0 Å². The van der Waals surface area contributed by atoms with Gasteiger partial charge in [-0.05, 0) is 30.7 Å². The van der Waals surface area contributed by atoms with Crippen LogP contribution < -0.4 is 0 Å². The lowest BCUT2D eigenvalue weighted by atomic mass is 10.2. The Morgan fingerprint density at radius 3 is 2.61 bits per heavy atom. The normalized spacial score (nSPS) is 11.1. The molecule has 18 heavy (non-hydrogen) atoms. The van der Waals surface area contributed by atoms with Gasteiger partial charge in [-0.25, -0.2) is 9.67 Å². The van der Waals surface area contributed by atoms with Gasteiger partial charge in [0.2, 0.25) is 5.28 Å². The van der Waals surface area contributed by atoms with Gasteiger partial charge in [0, 0.05) is 5.39 Å². The van der Waals surface area contributed by atoms with E-state index in [1.165, 1.54) is 0 Å². The van der Waals surface area contributed by atoms with Crippen molar-refractivity contribution >= 4 is 34.1 Å². The van der Waals surface area contributed by atoms with Gasteiger partial charge in [0.1, 0.15) is 0 Å². The van der Waals surface area contributed by atoms with Crippen molar-refractivity contribution < 1.29 is 0 Å². The molecule has 0 aliphatic carbocycles. The van der Waals surface area contributed by atoms with Gasteiger partial charge in [0.15, 0.2) is 5.82 Å². The first-order chi connectivity index (χ1) is 8.65. The zero-order valence-corrected chi connectivity index (χ0v) is 10.9.